The lowest BCUT2D eigenvalue weighted by Gasteiger charge is -2.36. The van der Waals surface area contributed by atoms with Crippen LogP contribution in [0.2, 0.25) is 18.1 Å². The Labute approximate surface area is 168 Å². The number of benzene rings is 1. The first-order valence-corrected chi connectivity index (χ1v) is 12.1. The third kappa shape index (κ3) is 4.66. The van der Waals surface area contributed by atoms with Crippen molar-refractivity contribution in [3.05, 3.63) is 35.7 Å². The lowest BCUT2D eigenvalue weighted by atomic mass is 10.0. The average molecular weight is 406 g/mol. The van der Waals surface area contributed by atoms with E-state index in [2.05, 4.69) is 38.8 Å². The van der Waals surface area contributed by atoms with Crippen LogP contribution in [0.1, 0.15) is 32.2 Å². The lowest BCUT2D eigenvalue weighted by molar-refractivity contribution is 0.265. The summed E-state index contributed by atoms with van der Waals surface area (Å²) in [6.07, 6.45) is 0. The van der Waals surface area contributed by atoms with Crippen LogP contribution in [0.4, 0.5) is 0 Å². The maximum Gasteiger partial charge on any atom is 0.250 e. The van der Waals surface area contributed by atoms with Crippen molar-refractivity contribution in [3.63, 3.8) is 0 Å². The summed E-state index contributed by atoms with van der Waals surface area (Å²) in [6.45, 7) is 10.5. The van der Waals surface area contributed by atoms with Crippen LogP contribution in [0, 0.1) is 0 Å². The molecule has 1 heterocycles. The van der Waals surface area contributed by atoms with Crippen LogP contribution in [0.15, 0.2) is 24.3 Å². The van der Waals surface area contributed by atoms with Crippen LogP contribution < -0.4 is 13.9 Å². The first-order valence-electron chi connectivity index (χ1n) is 9.23. The largest absolute Gasteiger partial charge is 0.543 e. The van der Waals surface area contributed by atoms with Gasteiger partial charge in [-0.1, -0.05) is 20.8 Å². The van der Waals surface area contributed by atoms with Crippen molar-refractivity contribution < 1.29 is 24.1 Å². The second kappa shape index (κ2) is 8.51. The van der Waals surface area contributed by atoms with Gasteiger partial charge < -0.3 is 24.1 Å². The molecule has 0 aliphatic rings. The quantitative estimate of drug-likeness (QED) is 0.674. The van der Waals surface area contributed by atoms with Crippen LogP contribution in [0.25, 0.3) is 11.1 Å². The Morgan fingerprint density at radius 1 is 0.893 bits per heavy atom. The molecule has 6 nitrogen and oxygen atoms in total. The van der Waals surface area contributed by atoms with E-state index in [0.717, 1.165) is 11.1 Å². The zero-order valence-electron chi connectivity index (χ0n) is 17.8. The summed E-state index contributed by atoms with van der Waals surface area (Å²) in [6, 6.07) is 7.23. The minimum Gasteiger partial charge on any atom is -0.543 e. The summed E-state index contributed by atoms with van der Waals surface area (Å²) < 4.78 is 17.7. The fourth-order valence-corrected chi connectivity index (χ4v) is 3.65. The number of methoxy groups -OCH3 is 2. The molecule has 0 saturated carbocycles. The van der Waals surface area contributed by atoms with Crippen molar-refractivity contribution in [3.8, 4) is 28.4 Å². The van der Waals surface area contributed by atoms with E-state index < -0.39 is 8.32 Å². The van der Waals surface area contributed by atoms with E-state index in [4.69, 9.17) is 13.9 Å². The number of aliphatic hydroxyl groups is 2. The van der Waals surface area contributed by atoms with E-state index >= 15 is 0 Å². The van der Waals surface area contributed by atoms with Gasteiger partial charge in [-0.15, -0.1) is 0 Å². The summed E-state index contributed by atoms with van der Waals surface area (Å²) >= 11 is 0. The maximum absolute atomic E-state index is 9.51. The predicted molar refractivity (Wildman–Crippen MR) is 112 cm³/mol. The normalized spacial score (nSPS) is 12.0. The van der Waals surface area contributed by atoms with Gasteiger partial charge in [-0.25, -0.2) is 0 Å². The Kier molecular flexibility index (Phi) is 6.74. The molecule has 0 unspecified atom stereocenters. The van der Waals surface area contributed by atoms with Crippen LogP contribution >= 0.6 is 0 Å². The van der Waals surface area contributed by atoms with E-state index in [-0.39, 0.29) is 18.3 Å². The number of nitrogens with zero attached hydrogens (tertiary/aromatic N) is 1. The molecule has 2 aromatic rings. The fourth-order valence-electron chi connectivity index (χ4n) is 2.63. The minimum absolute atomic E-state index is 0.0588. The van der Waals surface area contributed by atoms with Gasteiger partial charge in [-0.3, -0.25) is 4.98 Å². The first kappa shape index (κ1) is 22.2. The number of hydrogen-bond acceptors (Lipinski definition) is 6. The van der Waals surface area contributed by atoms with Gasteiger partial charge in [0.25, 0.3) is 0 Å². The third-order valence-electron chi connectivity index (χ3n) is 5.20. The van der Waals surface area contributed by atoms with Crippen LogP contribution in [0.5, 0.6) is 17.2 Å². The van der Waals surface area contributed by atoms with Gasteiger partial charge >= 0.3 is 0 Å². The maximum atomic E-state index is 9.51. The molecule has 0 radical (unpaired) electrons. The van der Waals surface area contributed by atoms with Gasteiger partial charge in [0.15, 0.2) is 0 Å². The van der Waals surface area contributed by atoms with Crippen molar-refractivity contribution in [1.82, 2.24) is 4.98 Å². The van der Waals surface area contributed by atoms with Gasteiger partial charge in [0.2, 0.25) is 8.32 Å². The van der Waals surface area contributed by atoms with E-state index in [0.29, 0.717) is 28.6 Å². The van der Waals surface area contributed by atoms with Gasteiger partial charge in [-0.2, -0.15) is 0 Å². The molecule has 2 N–H and O–H groups in total. The monoisotopic (exact) mass is 405 g/mol. The van der Waals surface area contributed by atoms with Crippen LogP contribution in [-0.2, 0) is 13.2 Å². The molecule has 1 aromatic carbocycles. The summed E-state index contributed by atoms with van der Waals surface area (Å²) in [5, 5.41) is 19.1. The molecule has 0 aliphatic heterocycles. The molecule has 7 heteroatoms. The first-order chi connectivity index (χ1) is 13.1. The SMILES string of the molecule is COc1cc(O[Si](C)(C)C(C)(C)C)cc(OC)c1-c1cc(CO)nc(CO)c1. The molecular formula is C21H31NO5Si. The van der Waals surface area contributed by atoms with Crippen molar-refractivity contribution in [2.45, 2.75) is 52.1 Å². The predicted octanol–water partition coefficient (Wildman–Crippen LogP) is 4.13. The van der Waals surface area contributed by atoms with Gasteiger partial charge in [-0.05, 0) is 35.8 Å². The Hall–Kier alpha value is -2.09. The number of aromatic nitrogens is 1. The molecule has 0 fully saturated rings. The third-order valence-corrected chi connectivity index (χ3v) is 9.56. The second-order valence-corrected chi connectivity index (χ2v) is 12.9. The molecule has 0 aliphatic carbocycles. The van der Waals surface area contributed by atoms with Crippen molar-refractivity contribution in [2.24, 2.45) is 0 Å². The molecule has 0 amide bonds. The Balaban J connectivity index is 2.61. The minimum atomic E-state index is -2.03. The molecule has 0 bridgehead atoms. The highest BCUT2D eigenvalue weighted by atomic mass is 28.4. The number of aliphatic hydroxyl groups excluding tert-OH is 2. The topological polar surface area (TPSA) is 81.0 Å². The van der Waals surface area contributed by atoms with E-state index in [1.54, 1.807) is 26.4 Å². The number of ether oxygens (including phenoxy) is 2. The van der Waals surface area contributed by atoms with Crippen molar-refractivity contribution in [1.29, 1.82) is 0 Å². The number of rotatable bonds is 7. The summed E-state index contributed by atoms with van der Waals surface area (Å²) in [5.41, 5.74) is 2.40. The Morgan fingerprint density at radius 2 is 1.36 bits per heavy atom. The van der Waals surface area contributed by atoms with Gasteiger partial charge in [0.1, 0.15) is 17.2 Å². The molecule has 28 heavy (non-hydrogen) atoms. The average Bonchev–Trinajstić information content (AvgIpc) is 2.65. The highest BCUT2D eigenvalue weighted by Crippen LogP contribution is 2.44. The molecule has 1 aromatic heterocycles. The highest BCUT2D eigenvalue weighted by Gasteiger charge is 2.39. The molecule has 154 valence electrons. The number of pyridine rings is 1. The molecule has 2 rings (SSSR count). The van der Waals surface area contributed by atoms with Gasteiger partial charge in [0, 0.05) is 12.1 Å². The zero-order chi connectivity index (χ0) is 21.1. The fraction of sp³-hybridized carbons (Fsp3) is 0.476. The Morgan fingerprint density at radius 3 is 1.71 bits per heavy atom. The van der Waals surface area contributed by atoms with E-state index in [9.17, 15) is 10.2 Å². The summed E-state index contributed by atoms with van der Waals surface area (Å²) in [7, 11) is 1.16. The zero-order valence-corrected chi connectivity index (χ0v) is 18.8. The van der Waals surface area contributed by atoms with Gasteiger partial charge in [0.05, 0.1) is 44.4 Å². The van der Waals surface area contributed by atoms with Crippen molar-refractivity contribution >= 4 is 8.32 Å². The smallest absolute Gasteiger partial charge is 0.250 e. The number of hydrogen-bond donors (Lipinski definition) is 2. The highest BCUT2D eigenvalue weighted by molar-refractivity contribution is 6.74. The summed E-state index contributed by atoms with van der Waals surface area (Å²) in [4.78, 5) is 4.20. The molecular weight excluding hydrogens is 374 g/mol. The second-order valence-electron chi connectivity index (χ2n) is 8.22. The van der Waals surface area contributed by atoms with E-state index in [1.807, 2.05) is 12.1 Å². The standard InChI is InChI=1S/C21H31NO5Si/c1-21(2,3)28(6,7)27-17-10-18(25-4)20(19(11-17)26-5)14-8-15(12-23)22-16(9-14)13-24/h8-11,23-24H,12-13H2,1-7H3. The Bertz CT molecular complexity index is 783. The van der Waals surface area contributed by atoms with Crippen LogP contribution in [0.3, 0.4) is 0 Å². The van der Waals surface area contributed by atoms with Crippen molar-refractivity contribution in [2.75, 3.05) is 14.2 Å². The van der Waals surface area contributed by atoms with E-state index in [1.165, 1.54) is 0 Å². The molecule has 0 saturated heterocycles. The molecule has 0 spiro atoms. The summed E-state index contributed by atoms with van der Waals surface area (Å²) in [5.74, 6) is 1.88. The lowest BCUT2D eigenvalue weighted by Crippen LogP contribution is -2.43. The van der Waals surface area contributed by atoms with Crippen LogP contribution in [-0.4, -0.2) is 37.7 Å². The molecule has 0 atom stereocenters.